The summed E-state index contributed by atoms with van der Waals surface area (Å²) in [5.41, 5.74) is 0.1000. The first kappa shape index (κ1) is 12.3. The molecule has 16 heavy (non-hydrogen) atoms. The smallest absolute Gasteiger partial charge is 0.374 e. The number of unbranched alkanes of at least 4 members (excludes halogenated alkanes) is 1. The first-order valence-electron chi connectivity index (χ1n) is 5.03. The van der Waals surface area contributed by atoms with E-state index in [-0.39, 0.29) is 11.3 Å². The molecule has 0 bridgehead atoms. The Morgan fingerprint density at radius 3 is 2.75 bits per heavy atom. The molecule has 1 aromatic rings. The Morgan fingerprint density at radius 2 is 2.12 bits per heavy atom. The van der Waals surface area contributed by atoms with Gasteiger partial charge in [0.05, 0.1) is 20.0 Å². The predicted octanol–water partition coefficient (Wildman–Crippen LogP) is 2.02. The van der Waals surface area contributed by atoms with Crippen LogP contribution in [0.3, 0.4) is 0 Å². The van der Waals surface area contributed by atoms with Gasteiger partial charge in [-0.15, -0.1) is 0 Å². The monoisotopic (exact) mass is 226 g/mol. The number of esters is 2. The van der Waals surface area contributed by atoms with Gasteiger partial charge in [-0.25, -0.2) is 9.59 Å². The van der Waals surface area contributed by atoms with Crippen molar-refractivity contribution in [3.05, 3.63) is 23.7 Å². The number of carbonyl (C=O) groups is 2. The van der Waals surface area contributed by atoms with Crippen LogP contribution in [0.5, 0.6) is 0 Å². The first-order chi connectivity index (χ1) is 7.70. The van der Waals surface area contributed by atoms with Crippen LogP contribution in [0.2, 0.25) is 0 Å². The van der Waals surface area contributed by atoms with Gasteiger partial charge in [-0.3, -0.25) is 0 Å². The molecular formula is C11H14O5. The van der Waals surface area contributed by atoms with Gasteiger partial charge in [0.2, 0.25) is 5.76 Å². The molecule has 0 unspecified atom stereocenters. The largest absolute Gasteiger partial charge is 0.463 e. The number of hydrogen-bond donors (Lipinski definition) is 0. The minimum Gasteiger partial charge on any atom is -0.463 e. The van der Waals surface area contributed by atoms with E-state index in [1.54, 1.807) is 0 Å². The molecular weight excluding hydrogens is 212 g/mol. The van der Waals surface area contributed by atoms with Crippen molar-refractivity contribution in [3.8, 4) is 0 Å². The molecule has 0 saturated heterocycles. The van der Waals surface area contributed by atoms with Gasteiger partial charge in [-0.2, -0.15) is 0 Å². The number of carbonyl (C=O) groups excluding carboxylic acids is 2. The van der Waals surface area contributed by atoms with Gasteiger partial charge in [-0.05, 0) is 12.5 Å². The van der Waals surface area contributed by atoms with Gasteiger partial charge in [0.15, 0.2) is 0 Å². The van der Waals surface area contributed by atoms with Gasteiger partial charge in [0, 0.05) is 0 Å². The molecule has 0 spiro atoms. The Balaban J connectivity index is 2.68. The van der Waals surface area contributed by atoms with Gasteiger partial charge >= 0.3 is 11.9 Å². The lowest BCUT2D eigenvalue weighted by atomic mass is 10.2. The highest BCUT2D eigenvalue weighted by atomic mass is 16.5. The van der Waals surface area contributed by atoms with Crippen molar-refractivity contribution < 1.29 is 23.5 Å². The van der Waals surface area contributed by atoms with Crippen LogP contribution in [0.1, 0.15) is 40.7 Å². The average molecular weight is 226 g/mol. The number of methoxy groups -OCH3 is 1. The molecule has 0 fully saturated rings. The van der Waals surface area contributed by atoms with Crippen molar-refractivity contribution in [2.75, 3.05) is 13.7 Å². The second kappa shape index (κ2) is 5.95. The Kier molecular flexibility index (Phi) is 4.57. The molecule has 0 aromatic carbocycles. The molecule has 0 amide bonds. The zero-order chi connectivity index (χ0) is 12.0. The third kappa shape index (κ3) is 2.85. The molecule has 1 heterocycles. The third-order valence-electron chi connectivity index (χ3n) is 1.99. The minimum atomic E-state index is -0.688. The van der Waals surface area contributed by atoms with E-state index in [2.05, 4.69) is 4.74 Å². The van der Waals surface area contributed by atoms with Crippen molar-refractivity contribution in [1.82, 2.24) is 0 Å². The Morgan fingerprint density at radius 1 is 1.38 bits per heavy atom. The molecule has 0 radical (unpaired) electrons. The van der Waals surface area contributed by atoms with E-state index in [9.17, 15) is 9.59 Å². The van der Waals surface area contributed by atoms with Gasteiger partial charge < -0.3 is 13.9 Å². The Bertz CT molecular complexity index is 366. The van der Waals surface area contributed by atoms with E-state index in [1.807, 2.05) is 6.92 Å². The van der Waals surface area contributed by atoms with Gasteiger partial charge in [-0.1, -0.05) is 13.3 Å². The summed E-state index contributed by atoms with van der Waals surface area (Å²) in [7, 11) is 1.22. The van der Waals surface area contributed by atoms with Gasteiger partial charge in [0.1, 0.15) is 5.56 Å². The summed E-state index contributed by atoms with van der Waals surface area (Å²) in [5, 5.41) is 0. The van der Waals surface area contributed by atoms with Crippen LogP contribution >= 0.6 is 0 Å². The highest BCUT2D eigenvalue weighted by Gasteiger charge is 2.22. The lowest BCUT2D eigenvalue weighted by Crippen LogP contribution is -2.11. The predicted molar refractivity (Wildman–Crippen MR) is 55.2 cm³/mol. The lowest BCUT2D eigenvalue weighted by molar-refractivity contribution is 0.0470. The number of ether oxygens (including phenoxy) is 2. The lowest BCUT2D eigenvalue weighted by Gasteiger charge is -2.02. The van der Waals surface area contributed by atoms with Crippen LogP contribution in [-0.4, -0.2) is 25.7 Å². The van der Waals surface area contributed by atoms with E-state index in [0.29, 0.717) is 6.61 Å². The standard InChI is InChI=1S/C11H14O5/c1-3-4-6-16-10(12)8-5-7-15-9(8)11(13)14-2/h5,7H,3-4,6H2,1-2H3. The minimum absolute atomic E-state index is 0.1000. The SMILES string of the molecule is CCCCOC(=O)c1ccoc1C(=O)OC. The highest BCUT2D eigenvalue weighted by Crippen LogP contribution is 2.13. The molecule has 0 saturated carbocycles. The second-order valence-corrected chi connectivity index (χ2v) is 3.14. The fourth-order valence-electron chi connectivity index (χ4n) is 1.11. The van der Waals surface area contributed by atoms with Crippen molar-refractivity contribution in [3.63, 3.8) is 0 Å². The van der Waals surface area contributed by atoms with Crippen LogP contribution < -0.4 is 0 Å². The molecule has 1 rings (SSSR count). The van der Waals surface area contributed by atoms with E-state index >= 15 is 0 Å². The molecule has 0 aliphatic carbocycles. The fraction of sp³-hybridized carbons (Fsp3) is 0.455. The summed E-state index contributed by atoms with van der Waals surface area (Å²) < 4.78 is 14.3. The normalized spacial score (nSPS) is 9.88. The summed E-state index contributed by atoms with van der Waals surface area (Å²) in [6.07, 6.45) is 2.97. The third-order valence-corrected chi connectivity index (χ3v) is 1.99. The van der Waals surface area contributed by atoms with Crippen LogP contribution in [0.25, 0.3) is 0 Å². The van der Waals surface area contributed by atoms with Gasteiger partial charge in [0.25, 0.3) is 0 Å². The van der Waals surface area contributed by atoms with E-state index < -0.39 is 11.9 Å². The molecule has 0 N–H and O–H groups in total. The molecule has 0 atom stereocenters. The van der Waals surface area contributed by atoms with Crippen molar-refractivity contribution >= 4 is 11.9 Å². The average Bonchev–Trinajstić information content (AvgIpc) is 2.77. The summed E-state index contributed by atoms with van der Waals surface area (Å²) in [6.45, 7) is 2.33. The van der Waals surface area contributed by atoms with E-state index in [4.69, 9.17) is 9.15 Å². The molecule has 0 aliphatic rings. The summed E-state index contributed by atoms with van der Waals surface area (Å²) in [4.78, 5) is 22.7. The Labute approximate surface area is 93.3 Å². The van der Waals surface area contributed by atoms with Crippen molar-refractivity contribution in [2.24, 2.45) is 0 Å². The number of furan rings is 1. The second-order valence-electron chi connectivity index (χ2n) is 3.14. The summed E-state index contributed by atoms with van der Waals surface area (Å²) in [6, 6.07) is 1.39. The molecule has 88 valence electrons. The zero-order valence-electron chi connectivity index (χ0n) is 9.32. The molecule has 5 nitrogen and oxygen atoms in total. The zero-order valence-corrected chi connectivity index (χ0v) is 9.32. The first-order valence-corrected chi connectivity index (χ1v) is 5.03. The maximum Gasteiger partial charge on any atom is 0.374 e. The molecule has 1 aromatic heterocycles. The van der Waals surface area contributed by atoms with Crippen LogP contribution in [0.4, 0.5) is 0 Å². The highest BCUT2D eigenvalue weighted by molar-refractivity contribution is 6.01. The summed E-state index contributed by atoms with van der Waals surface area (Å²) in [5.74, 6) is -1.38. The maximum atomic E-state index is 11.5. The number of rotatable bonds is 5. The van der Waals surface area contributed by atoms with Crippen LogP contribution in [0, 0.1) is 0 Å². The van der Waals surface area contributed by atoms with Crippen LogP contribution in [-0.2, 0) is 9.47 Å². The fourth-order valence-corrected chi connectivity index (χ4v) is 1.11. The topological polar surface area (TPSA) is 65.7 Å². The number of hydrogen-bond acceptors (Lipinski definition) is 5. The van der Waals surface area contributed by atoms with Crippen LogP contribution in [0.15, 0.2) is 16.7 Å². The van der Waals surface area contributed by atoms with Crippen molar-refractivity contribution in [2.45, 2.75) is 19.8 Å². The molecule has 5 heteroatoms. The maximum absolute atomic E-state index is 11.5. The Hall–Kier alpha value is -1.78. The van der Waals surface area contributed by atoms with Crippen molar-refractivity contribution in [1.29, 1.82) is 0 Å². The van der Waals surface area contributed by atoms with E-state index in [1.165, 1.54) is 19.4 Å². The summed E-state index contributed by atoms with van der Waals surface area (Å²) >= 11 is 0. The van der Waals surface area contributed by atoms with E-state index in [0.717, 1.165) is 12.8 Å². The molecule has 0 aliphatic heterocycles. The quantitative estimate of drug-likeness (QED) is 0.567.